The van der Waals surface area contributed by atoms with Crippen LogP contribution in [0.4, 0.5) is 13.2 Å². The van der Waals surface area contributed by atoms with Crippen LogP contribution >= 0.6 is 27.3 Å². The molecular formula is C16H14BrF3N4OS. The third kappa shape index (κ3) is 3.61. The van der Waals surface area contributed by atoms with E-state index < -0.39 is 23.3 Å². The molecule has 0 atom stereocenters. The Morgan fingerprint density at radius 3 is 2.54 bits per heavy atom. The molecule has 138 valence electrons. The summed E-state index contributed by atoms with van der Waals surface area (Å²) in [6.45, 7) is 5.30. The van der Waals surface area contributed by atoms with Crippen LogP contribution in [0.1, 0.15) is 37.0 Å². The molecule has 1 N–H and O–H groups in total. The van der Waals surface area contributed by atoms with Gasteiger partial charge < -0.3 is 5.32 Å². The number of amides is 1. The number of nitrogens with one attached hydrogen (secondary N) is 1. The van der Waals surface area contributed by atoms with E-state index in [4.69, 9.17) is 0 Å². The molecule has 0 aliphatic heterocycles. The first-order valence-electron chi connectivity index (χ1n) is 7.50. The predicted molar refractivity (Wildman–Crippen MR) is 96.2 cm³/mol. The normalized spacial score (nSPS) is 12.6. The molecule has 0 aliphatic carbocycles. The predicted octanol–water partition coefficient (Wildman–Crippen LogP) is 4.77. The SMILES string of the molecule is CC(C)(C)NC(=O)c1nn2c(C(F)(F)F)cc(-c3cccs3)nc2c1Br. The minimum atomic E-state index is -4.66. The van der Waals surface area contributed by atoms with Crippen molar-refractivity contribution in [1.29, 1.82) is 0 Å². The van der Waals surface area contributed by atoms with Gasteiger partial charge in [0.05, 0.1) is 15.0 Å². The maximum absolute atomic E-state index is 13.6. The second-order valence-corrected chi connectivity index (χ2v) is 8.34. The Morgan fingerprint density at radius 1 is 1.31 bits per heavy atom. The monoisotopic (exact) mass is 446 g/mol. The highest BCUT2D eigenvalue weighted by molar-refractivity contribution is 9.10. The number of thiophene rings is 1. The molecule has 0 aromatic carbocycles. The Labute approximate surface area is 159 Å². The zero-order valence-corrected chi connectivity index (χ0v) is 16.4. The maximum atomic E-state index is 13.6. The van der Waals surface area contributed by atoms with Crippen molar-refractivity contribution in [2.45, 2.75) is 32.5 Å². The molecule has 3 aromatic heterocycles. The summed E-state index contributed by atoms with van der Waals surface area (Å²) in [4.78, 5) is 17.3. The number of fused-ring (bicyclic) bond motifs is 1. The average molecular weight is 447 g/mol. The van der Waals surface area contributed by atoms with Crippen LogP contribution in [0.2, 0.25) is 0 Å². The molecule has 26 heavy (non-hydrogen) atoms. The highest BCUT2D eigenvalue weighted by atomic mass is 79.9. The minimum Gasteiger partial charge on any atom is -0.346 e. The average Bonchev–Trinajstić information content (AvgIpc) is 3.12. The molecule has 0 bridgehead atoms. The van der Waals surface area contributed by atoms with Gasteiger partial charge in [-0.15, -0.1) is 11.3 Å². The topological polar surface area (TPSA) is 59.3 Å². The van der Waals surface area contributed by atoms with Gasteiger partial charge in [0.1, 0.15) is 0 Å². The standard InChI is InChI=1S/C16H14BrF3N4OS/c1-15(2,3)22-14(25)12-11(17)13-21-8(9-5-4-6-26-9)7-10(16(18,19)20)24(13)23-12/h4-7H,1-3H3,(H,22,25). The molecule has 0 unspecified atom stereocenters. The maximum Gasteiger partial charge on any atom is 0.433 e. The Bertz CT molecular complexity index is 974. The minimum absolute atomic E-state index is 0.0673. The van der Waals surface area contributed by atoms with Crippen molar-refractivity contribution in [2.24, 2.45) is 0 Å². The molecular weight excluding hydrogens is 433 g/mol. The van der Waals surface area contributed by atoms with E-state index in [0.717, 1.165) is 6.07 Å². The molecule has 0 fully saturated rings. The molecule has 1 amide bonds. The van der Waals surface area contributed by atoms with Gasteiger partial charge in [-0.25, -0.2) is 9.50 Å². The van der Waals surface area contributed by atoms with Gasteiger partial charge in [-0.3, -0.25) is 4.79 Å². The fourth-order valence-corrected chi connectivity index (χ4v) is 3.49. The van der Waals surface area contributed by atoms with Gasteiger partial charge in [0.15, 0.2) is 17.0 Å². The third-order valence-electron chi connectivity index (χ3n) is 3.30. The van der Waals surface area contributed by atoms with Crippen molar-refractivity contribution in [3.63, 3.8) is 0 Å². The van der Waals surface area contributed by atoms with E-state index in [1.54, 1.807) is 38.3 Å². The van der Waals surface area contributed by atoms with Gasteiger partial charge in [-0.05, 0) is 54.2 Å². The summed E-state index contributed by atoms with van der Waals surface area (Å²) in [5.41, 5.74) is -1.61. The first-order valence-corrected chi connectivity index (χ1v) is 9.17. The molecule has 0 saturated carbocycles. The summed E-state index contributed by atoms with van der Waals surface area (Å²) in [7, 11) is 0. The van der Waals surface area contributed by atoms with E-state index in [-0.39, 0.29) is 21.5 Å². The van der Waals surface area contributed by atoms with Gasteiger partial charge in [-0.2, -0.15) is 18.3 Å². The van der Waals surface area contributed by atoms with Gasteiger partial charge in [-0.1, -0.05) is 6.07 Å². The third-order valence-corrected chi connectivity index (χ3v) is 4.92. The lowest BCUT2D eigenvalue weighted by Gasteiger charge is -2.19. The molecule has 3 rings (SSSR count). The van der Waals surface area contributed by atoms with Crippen LogP contribution in [0, 0.1) is 0 Å². The number of carbonyl (C=O) groups excluding carboxylic acids is 1. The number of rotatable bonds is 2. The Morgan fingerprint density at radius 2 is 2.00 bits per heavy atom. The molecule has 0 saturated heterocycles. The van der Waals surface area contributed by atoms with Crippen LogP contribution in [-0.4, -0.2) is 26.0 Å². The second-order valence-electron chi connectivity index (χ2n) is 6.60. The first kappa shape index (κ1) is 18.8. The van der Waals surface area contributed by atoms with Crippen LogP contribution in [0.25, 0.3) is 16.2 Å². The molecule has 3 heterocycles. The van der Waals surface area contributed by atoms with Crippen molar-refractivity contribution in [2.75, 3.05) is 0 Å². The lowest BCUT2D eigenvalue weighted by molar-refractivity contribution is -0.142. The highest BCUT2D eigenvalue weighted by Gasteiger charge is 2.37. The van der Waals surface area contributed by atoms with Gasteiger partial charge in [0.2, 0.25) is 0 Å². The molecule has 0 radical (unpaired) electrons. The van der Waals surface area contributed by atoms with E-state index in [1.165, 1.54) is 11.3 Å². The molecule has 0 spiro atoms. The highest BCUT2D eigenvalue weighted by Crippen LogP contribution is 2.35. The van der Waals surface area contributed by atoms with Crippen LogP contribution < -0.4 is 5.32 Å². The number of nitrogens with zero attached hydrogens (tertiary/aromatic N) is 3. The van der Waals surface area contributed by atoms with Gasteiger partial charge in [0, 0.05) is 5.54 Å². The fourth-order valence-electron chi connectivity index (χ4n) is 2.29. The van der Waals surface area contributed by atoms with E-state index in [2.05, 4.69) is 31.3 Å². The fraction of sp³-hybridized carbons (Fsp3) is 0.312. The van der Waals surface area contributed by atoms with Crippen molar-refractivity contribution in [1.82, 2.24) is 19.9 Å². The smallest absolute Gasteiger partial charge is 0.346 e. The van der Waals surface area contributed by atoms with Crippen LogP contribution in [0.5, 0.6) is 0 Å². The number of carbonyl (C=O) groups is 1. The largest absolute Gasteiger partial charge is 0.433 e. The molecule has 0 aliphatic rings. The summed E-state index contributed by atoms with van der Waals surface area (Å²) in [6.07, 6.45) is -4.66. The van der Waals surface area contributed by atoms with Gasteiger partial charge in [0.25, 0.3) is 5.91 Å². The number of halogens is 4. The van der Waals surface area contributed by atoms with Gasteiger partial charge >= 0.3 is 6.18 Å². The van der Waals surface area contributed by atoms with Crippen LogP contribution in [0.3, 0.4) is 0 Å². The Hall–Kier alpha value is -1.94. The zero-order valence-electron chi connectivity index (χ0n) is 14.0. The van der Waals surface area contributed by atoms with E-state index in [9.17, 15) is 18.0 Å². The molecule has 5 nitrogen and oxygen atoms in total. The summed E-state index contributed by atoms with van der Waals surface area (Å²) < 4.78 is 41.4. The quantitative estimate of drug-likeness (QED) is 0.616. The molecule has 3 aromatic rings. The lowest BCUT2D eigenvalue weighted by Crippen LogP contribution is -2.40. The lowest BCUT2D eigenvalue weighted by atomic mass is 10.1. The van der Waals surface area contributed by atoms with Crippen LogP contribution in [0.15, 0.2) is 28.1 Å². The van der Waals surface area contributed by atoms with Crippen LogP contribution in [-0.2, 0) is 6.18 Å². The van der Waals surface area contributed by atoms with Crippen molar-refractivity contribution in [3.8, 4) is 10.6 Å². The van der Waals surface area contributed by atoms with Crippen molar-refractivity contribution in [3.05, 3.63) is 39.4 Å². The summed E-state index contributed by atoms with van der Waals surface area (Å²) >= 11 is 4.46. The Kier molecular flexibility index (Phi) is 4.60. The number of hydrogen-bond acceptors (Lipinski definition) is 4. The Balaban J connectivity index is 2.24. The second kappa shape index (κ2) is 6.34. The van der Waals surface area contributed by atoms with E-state index >= 15 is 0 Å². The molecule has 10 heteroatoms. The van der Waals surface area contributed by atoms with Crippen molar-refractivity contribution < 1.29 is 18.0 Å². The first-order chi connectivity index (χ1) is 12.0. The number of hydrogen-bond donors (Lipinski definition) is 1. The summed E-state index contributed by atoms with van der Waals surface area (Å²) in [6, 6.07) is 4.34. The van der Waals surface area contributed by atoms with E-state index in [1.807, 2.05) is 0 Å². The van der Waals surface area contributed by atoms with Crippen molar-refractivity contribution >= 4 is 38.8 Å². The summed E-state index contributed by atoms with van der Waals surface area (Å²) in [5.74, 6) is -0.583. The zero-order chi connectivity index (χ0) is 19.3. The number of aromatic nitrogens is 3. The van der Waals surface area contributed by atoms with E-state index in [0.29, 0.717) is 9.39 Å². The number of alkyl halides is 3. The summed E-state index contributed by atoms with van der Waals surface area (Å²) in [5, 5.41) is 8.30.